The molecule has 0 saturated heterocycles. The van der Waals surface area contributed by atoms with E-state index in [2.05, 4.69) is 41.3 Å². The van der Waals surface area contributed by atoms with E-state index in [9.17, 15) is 4.39 Å². The first-order valence-corrected chi connectivity index (χ1v) is 9.00. The Kier molecular flexibility index (Phi) is 6.59. The Labute approximate surface area is 159 Å². The lowest BCUT2D eigenvalue weighted by Gasteiger charge is -2.21. The Hall–Kier alpha value is -2.42. The molecule has 0 bridgehead atoms. The molecule has 0 radical (unpaired) electrons. The molecule has 0 aliphatic carbocycles. The molecule has 132 valence electrons. The van der Waals surface area contributed by atoms with Crippen LogP contribution in [0, 0.1) is 5.82 Å². The number of nitrogens with zero attached hydrogens (tertiary/aromatic N) is 1. The fourth-order valence-corrected chi connectivity index (χ4v) is 2.91. The SMILES string of the molecule is Fc1ccc(CN(C/C=C/c2ccc(Cl)cc2)Cc2ccccc2)cc1. The van der Waals surface area contributed by atoms with E-state index in [-0.39, 0.29) is 5.82 Å². The summed E-state index contributed by atoms with van der Waals surface area (Å²) >= 11 is 5.93. The summed E-state index contributed by atoms with van der Waals surface area (Å²) in [7, 11) is 0. The summed E-state index contributed by atoms with van der Waals surface area (Å²) in [6.45, 7) is 2.40. The van der Waals surface area contributed by atoms with Gasteiger partial charge in [0.25, 0.3) is 0 Å². The van der Waals surface area contributed by atoms with Crippen molar-refractivity contribution in [3.63, 3.8) is 0 Å². The zero-order valence-electron chi connectivity index (χ0n) is 14.5. The largest absolute Gasteiger partial charge is 0.291 e. The predicted molar refractivity (Wildman–Crippen MR) is 107 cm³/mol. The van der Waals surface area contributed by atoms with Gasteiger partial charge in [0.15, 0.2) is 0 Å². The van der Waals surface area contributed by atoms with Crippen molar-refractivity contribution in [2.45, 2.75) is 13.1 Å². The van der Waals surface area contributed by atoms with Crippen LogP contribution in [0.5, 0.6) is 0 Å². The van der Waals surface area contributed by atoms with Gasteiger partial charge in [-0.15, -0.1) is 0 Å². The molecule has 0 unspecified atom stereocenters. The zero-order chi connectivity index (χ0) is 18.2. The Bertz CT molecular complexity index is 826. The van der Waals surface area contributed by atoms with Crippen molar-refractivity contribution >= 4 is 17.7 Å². The monoisotopic (exact) mass is 365 g/mol. The zero-order valence-corrected chi connectivity index (χ0v) is 15.2. The van der Waals surface area contributed by atoms with E-state index in [4.69, 9.17) is 11.6 Å². The number of rotatable bonds is 7. The van der Waals surface area contributed by atoms with Crippen LogP contribution in [0.15, 0.2) is 84.9 Å². The van der Waals surface area contributed by atoms with E-state index in [0.717, 1.165) is 35.8 Å². The minimum Gasteiger partial charge on any atom is -0.291 e. The highest BCUT2D eigenvalue weighted by molar-refractivity contribution is 6.30. The van der Waals surface area contributed by atoms with E-state index in [1.165, 1.54) is 17.7 Å². The molecule has 0 saturated carbocycles. The fraction of sp³-hybridized carbons (Fsp3) is 0.130. The quantitative estimate of drug-likeness (QED) is 0.482. The third kappa shape index (κ3) is 5.83. The number of hydrogen-bond acceptors (Lipinski definition) is 1. The summed E-state index contributed by atoms with van der Waals surface area (Å²) in [4.78, 5) is 2.33. The van der Waals surface area contributed by atoms with Crippen LogP contribution in [0.2, 0.25) is 5.02 Å². The van der Waals surface area contributed by atoms with Crippen molar-refractivity contribution < 1.29 is 4.39 Å². The maximum Gasteiger partial charge on any atom is 0.123 e. The van der Waals surface area contributed by atoms with Gasteiger partial charge in [-0.1, -0.05) is 78.4 Å². The van der Waals surface area contributed by atoms with Crippen molar-refractivity contribution in [1.82, 2.24) is 4.90 Å². The Morgan fingerprint density at radius 1 is 0.769 bits per heavy atom. The van der Waals surface area contributed by atoms with Gasteiger partial charge in [0.2, 0.25) is 0 Å². The molecular formula is C23H21ClFN. The maximum absolute atomic E-state index is 13.2. The van der Waals surface area contributed by atoms with E-state index in [1.807, 2.05) is 42.5 Å². The summed E-state index contributed by atoms with van der Waals surface area (Å²) in [5, 5.41) is 0.740. The summed E-state index contributed by atoms with van der Waals surface area (Å²) in [6, 6.07) is 24.9. The van der Waals surface area contributed by atoms with E-state index in [1.54, 1.807) is 0 Å². The molecule has 0 atom stereocenters. The third-order valence-electron chi connectivity index (χ3n) is 4.11. The molecule has 0 spiro atoms. The second-order valence-corrected chi connectivity index (χ2v) is 6.67. The highest BCUT2D eigenvalue weighted by atomic mass is 35.5. The first-order valence-electron chi connectivity index (χ1n) is 8.62. The van der Waals surface area contributed by atoms with Crippen LogP contribution < -0.4 is 0 Å². The number of halogens is 2. The Morgan fingerprint density at radius 3 is 2.04 bits per heavy atom. The van der Waals surface area contributed by atoms with Crippen LogP contribution in [-0.2, 0) is 13.1 Å². The molecular weight excluding hydrogens is 345 g/mol. The number of benzene rings is 3. The Balaban J connectivity index is 1.69. The van der Waals surface area contributed by atoms with Gasteiger partial charge < -0.3 is 0 Å². The van der Waals surface area contributed by atoms with Gasteiger partial charge in [0.1, 0.15) is 5.82 Å². The minimum atomic E-state index is -0.203. The standard InChI is InChI=1S/C23H21ClFN/c24-22-12-8-19(9-13-22)7-4-16-26(17-20-5-2-1-3-6-20)18-21-10-14-23(25)15-11-21/h1-15H,16-18H2/b7-4+. The molecule has 3 heteroatoms. The highest BCUT2D eigenvalue weighted by Crippen LogP contribution is 2.13. The lowest BCUT2D eigenvalue weighted by Crippen LogP contribution is -2.22. The topological polar surface area (TPSA) is 3.24 Å². The van der Waals surface area contributed by atoms with Gasteiger partial charge in [-0.05, 0) is 41.0 Å². The molecule has 0 N–H and O–H groups in total. The first kappa shape index (κ1) is 18.4. The van der Waals surface area contributed by atoms with Crippen molar-refractivity contribution in [1.29, 1.82) is 0 Å². The Morgan fingerprint density at radius 2 is 1.38 bits per heavy atom. The molecule has 0 aliphatic rings. The molecule has 3 aromatic carbocycles. The van der Waals surface area contributed by atoms with Crippen molar-refractivity contribution in [3.05, 3.63) is 112 Å². The van der Waals surface area contributed by atoms with Crippen LogP contribution in [0.3, 0.4) is 0 Å². The van der Waals surface area contributed by atoms with Gasteiger partial charge in [-0.25, -0.2) is 4.39 Å². The summed E-state index contributed by atoms with van der Waals surface area (Å²) in [5.74, 6) is -0.203. The van der Waals surface area contributed by atoms with Gasteiger partial charge >= 0.3 is 0 Å². The molecule has 0 heterocycles. The first-order chi connectivity index (χ1) is 12.7. The molecule has 26 heavy (non-hydrogen) atoms. The van der Waals surface area contributed by atoms with Crippen LogP contribution >= 0.6 is 11.6 Å². The molecule has 1 nitrogen and oxygen atoms in total. The van der Waals surface area contributed by atoms with Crippen LogP contribution in [-0.4, -0.2) is 11.4 Å². The van der Waals surface area contributed by atoms with Gasteiger partial charge in [0, 0.05) is 24.7 Å². The van der Waals surface area contributed by atoms with E-state index < -0.39 is 0 Å². The van der Waals surface area contributed by atoms with Crippen LogP contribution in [0.4, 0.5) is 4.39 Å². The van der Waals surface area contributed by atoms with Crippen molar-refractivity contribution in [2.75, 3.05) is 6.54 Å². The summed E-state index contributed by atoms with van der Waals surface area (Å²) in [5.41, 5.74) is 3.48. The molecule has 3 aromatic rings. The normalized spacial score (nSPS) is 11.3. The van der Waals surface area contributed by atoms with Crippen LogP contribution in [0.1, 0.15) is 16.7 Å². The third-order valence-corrected chi connectivity index (χ3v) is 4.36. The lowest BCUT2D eigenvalue weighted by atomic mass is 10.1. The number of hydrogen-bond donors (Lipinski definition) is 0. The lowest BCUT2D eigenvalue weighted by molar-refractivity contribution is 0.286. The summed E-state index contributed by atoms with van der Waals surface area (Å²) in [6.07, 6.45) is 4.24. The second kappa shape index (κ2) is 9.33. The highest BCUT2D eigenvalue weighted by Gasteiger charge is 2.06. The van der Waals surface area contributed by atoms with E-state index in [0.29, 0.717) is 0 Å². The van der Waals surface area contributed by atoms with Crippen molar-refractivity contribution in [2.24, 2.45) is 0 Å². The molecule has 0 aliphatic heterocycles. The molecule has 0 amide bonds. The molecule has 3 rings (SSSR count). The predicted octanol–water partition coefficient (Wildman–Crippen LogP) is 6.19. The maximum atomic E-state index is 13.2. The average molecular weight is 366 g/mol. The van der Waals surface area contributed by atoms with Crippen LogP contribution in [0.25, 0.3) is 6.08 Å². The molecule has 0 fully saturated rings. The second-order valence-electron chi connectivity index (χ2n) is 6.24. The minimum absolute atomic E-state index is 0.203. The average Bonchev–Trinajstić information content (AvgIpc) is 2.66. The summed E-state index contributed by atoms with van der Waals surface area (Å²) < 4.78 is 13.2. The van der Waals surface area contributed by atoms with Gasteiger partial charge in [0.05, 0.1) is 0 Å². The van der Waals surface area contributed by atoms with Crippen molar-refractivity contribution in [3.8, 4) is 0 Å². The van der Waals surface area contributed by atoms with E-state index >= 15 is 0 Å². The smallest absolute Gasteiger partial charge is 0.123 e. The fourth-order valence-electron chi connectivity index (χ4n) is 2.79. The van der Waals surface area contributed by atoms with Gasteiger partial charge in [-0.2, -0.15) is 0 Å². The molecule has 0 aromatic heterocycles. The van der Waals surface area contributed by atoms with Gasteiger partial charge in [-0.3, -0.25) is 4.90 Å².